The fourth-order valence-electron chi connectivity index (χ4n) is 3.29. The van der Waals surface area contributed by atoms with Crippen LogP contribution in [0.5, 0.6) is 0 Å². The van der Waals surface area contributed by atoms with Crippen LogP contribution in [0.15, 0.2) is 6.33 Å². The van der Waals surface area contributed by atoms with Gasteiger partial charge in [-0.2, -0.15) is 0 Å². The lowest BCUT2D eigenvalue weighted by Gasteiger charge is -2.23. The first kappa shape index (κ1) is 14.8. The van der Waals surface area contributed by atoms with Crippen molar-refractivity contribution in [1.29, 1.82) is 0 Å². The lowest BCUT2D eigenvalue weighted by Crippen LogP contribution is -2.40. The molecule has 3 rings (SSSR count). The third-order valence-corrected chi connectivity index (χ3v) is 5.48. The number of carbonyl (C=O) groups excluding carboxylic acids is 1. The number of carbonyl (C=O) groups is 1. The fraction of sp³-hybridized carbons (Fsp3) is 0.733. The molecule has 2 amide bonds. The summed E-state index contributed by atoms with van der Waals surface area (Å²) in [7, 11) is 0. The molecule has 0 bridgehead atoms. The fourth-order valence-corrected chi connectivity index (χ4v) is 4.09. The van der Waals surface area contributed by atoms with E-state index in [1.165, 1.54) is 49.0 Å². The monoisotopic (exact) mass is 308 g/mol. The van der Waals surface area contributed by atoms with Crippen LogP contribution in [0.3, 0.4) is 0 Å². The van der Waals surface area contributed by atoms with Gasteiger partial charge in [0.05, 0.1) is 12.0 Å². The average molecular weight is 308 g/mol. The molecule has 1 unspecified atom stereocenters. The highest BCUT2D eigenvalue weighted by Gasteiger charge is 2.21. The Hall–Kier alpha value is -1.17. The quantitative estimate of drug-likeness (QED) is 0.749. The molecule has 1 saturated carbocycles. The van der Waals surface area contributed by atoms with Gasteiger partial charge in [-0.3, -0.25) is 4.72 Å². The highest BCUT2D eigenvalue weighted by atomic mass is 32.2. The number of urea groups is 1. The van der Waals surface area contributed by atoms with Crippen molar-refractivity contribution in [3.05, 3.63) is 17.7 Å². The summed E-state index contributed by atoms with van der Waals surface area (Å²) in [6.07, 6.45) is 11.1. The number of H-pyrrole nitrogens is 1. The Bertz CT molecular complexity index is 470. The Morgan fingerprint density at radius 3 is 3.05 bits per heavy atom. The van der Waals surface area contributed by atoms with Gasteiger partial charge in [0.1, 0.15) is 0 Å². The van der Waals surface area contributed by atoms with Crippen LogP contribution in [0.1, 0.15) is 49.9 Å². The Labute approximate surface area is 130 Å². The maximum atomic E-state index is 11.8. The van der Waals surface area contributed by atoms with Gasteiger partial charge >= 0.3 is 6.03 Å². The van der Waals surface area contributed by atoms with Crippen LogP contribution in [0, 0.1) is 5.92 Å². The predicted octanol–water partition coefficient (Wildman–Crippen LogP) is 2.79. The smallest absolute Gasteiger partial charge is 0.324 e. The maximum Gasteiger partial charge on any atom is 0.324 e. The van der Waals surface area contributed by atoms with Crippen LogP contribution < -0.4 is 10.0 Å². The second-order valence-electron chi connectivity index (χ2n) is 6.16. The highest BCUT2D eigenvalue weighted by molar-refractivity contribution is 7.97. The molecule has 6 heteroatoms. The Morgan fingerprint density at radius 2 is 2.19 bits per heavy atom. The molecule has 1 fully saturated rings. The third kappa shape index (κ3) is 4.15. The van der Waals surface area contributed by atoms with Crippen molar-refractivity contribution in [1.82, 2.24) is 20.0 Å². The molecule has 1 aromatic rings. The number of aromatic nitrogens is 2. The summed E-state index contributed by atoms with van der Waals surface area (Å²) in [6, 6.07) is 0.351. The van der Waals surface area contributed by atoms with Crippen molar-refractivity contribution in [3.63, 3.8) is 0 Å². The molecule has 2 aliphatic carbocycles. The molecule has 0 saturated heterocycles. The van der Waals surface area contributed by atoms with Gasteiger partial charge in [0, 0.05) is 17.5 Å². The van der Waals surface area contributed by atoms with Gasteiger partial charge < -0.3 is 10.3 Å². The predicted molar refractivity (Wildman–Crippen MR) is 85.1 cm³/mol. The SMILES string of the molecule is O=C(NSCC1CCc2[nH]cnc2C1)NC1CCCCC1. The Kier molecular flexibility index (Phi) is 5.06. The second kappa shape index (κ2) is 7.20. The van der Waals surface area contributed by atoms with Crippen LogP contribution >= 0.6 is 11.9 Å². The Balaban J connectivity index is 1.33. The number of aromatic amines is 1. The minimum atomic E-state index is -0.0248. The Morgan fingerprint density at radius 1 is 1.33 bits per heavy atom. The van der Waals surface area contributed by atoms with Crippen molar-refractivity contribution in [2.24, 2.45) is 5.92 Å². The first-order valence-corrected chi connectivity index (χ1v) is 8.99. The van der Waals surface area contributed by atoms with E-state index in [4.69, 9.17) is 0 Å². The number of amides is 2. The topological polar surface area (TPSA) is 69.8 Å². The number of nitrogens with zero attached hydrogens (tertiary/aromatic N) is 1. The van der Waals surface area contributed by atoms with Crippen molar-refractivity contribution < 1.29 is 4.79 Å². The van der Waals surface area contributed by atoms with Gasteiger partial charge in [-0.15, -0.1) is 0 Å². The number of fused-ring (bicyclic) bond motifs is 1. The number of hydrogen-bond donors (Lipinski definition) is 3. The van der Waals surface area contributed by atoms with Crippen LogP contribution in [0.2, 0.25) is 0 Å². The molecule has 3 N–H and O–H groups in total. The number of imidazole rings is 1. The zero-order chi connectivity index (χ0) is 14.5. The summed E-state index contributed by atoms with van der Waals surface area (Å²) in [6.45, 7) is 0. The zero-order valence-electron chi connectivity index (χ0n) is 12.4. The number of aryl methyl sites for hydroxylation is 1. The first-order valence-electron chi connectivity index (χ1n) is 8.00. The van der Waals surface area contributed by atoms with Crippen LogP contribution in [-0.4, -0.2) is 27.8 Å². The molecule has 0 aromatic carbocycles. The van der Waals surface area contributed by atoms with E-state index in [1.807, 2.05) is 0 Å². The molecular formula is C15H24N4OS. The molecule has 2 aliphatic rings. The van der Waals surface area contributed by atoms with Crippen LogP contribution in [0.25, 0.3) is 0 Å². The summed E-state index contributed by atoms with van der Waals surface area (Å²) in [5.74, 6) is 1.57. The average Bonchev–Trinajstić information content (AvgIpc) is 2.96. The molecule has 0 radical (unpaired) electrons. The van der Waals surface area contributed by atoms with Gasteiger partial charge in [-0.05, 0) is 50.0 Å². The molecule has 1 aromatic heterocycles. The van der Waals surface area contributed by atoms with Gasteiger partial charge in [-0.25, -0.2) is 9.78 Å². The van der Waals surface area contributed by atoms with E-state index in [1.54, 1.807) is 6.33 Å². The lowest BCUT2D eigenvalue weighted by atomic mass is 9.91. The van der Waals surface area contributed by atoms with E-state index in [0.717, 1.165) is 31.4 Å². The highest BCUT2D eigenvalue weighted by Crippen LogP contribution is 2.25. The number of nitrogens with one attached hydrogen (secondary N) is 3. The second-order valence-corrected chi connectivity index (χ2v) is 6.98. The number of hydrogen-bond acceptors (Lipinski definition) is 3. The minimum absolute atomic E-state index is 0.0248. The zero-order valence-corrected chi connectivity index (χ0v) is 13.2. The molecule has 5 nitrogen and oxygen atoms in total. The molecular weight excluding hydrogens is 284 g/mol. The third-order valence-electron chi connectivity index (χ3n) is 4.52. The van der Waals surface area contributed by atoms with Crippen molar-refractivity contribution >= 4 is 18.0 Å². The summed E-state index contributed by atoms with van der Waals surface area (Å²) in [4.78, 5) is 19.4. The standard InChI is InChI=1S/C15H24N4OS/c20-15(18-12-4-2-1-3-5-12)19-21-9-11-6-7-13-14(8-11)17-10-16-13/h10-12H,1-9H2,(H,16,17)(H2,18,19,20). The van der Waals surface area contributed by atoms with E-state index in [2.05, 4.69) is 20.0 Å². The van der Waals surface area contributed by atoms with Crippen molar-refractivity contribution in [2.75, 3.05) is 5.75 Å². The molecule has 116 valence electrons. The van der Waals surface area contributed by atoms with Gasteiger partial charge in [0.15, 0.2) is 0 Å². The van der Waals surface area contributed by atoms with Crippen LogP contribution in [-0.2, 0) is 12.8 Å². The maximum absolute atomic E-state index is 11.8. The summed E-state index contributed by atoms with van der Waals surface area (Å²) < 4.78 is 2.93. The van der Waals surface area contributed by atoms with Gasteiger partial charge in [0.25, 0.3) is 0 Å². The molecule has 0 spiro atoms. The van der Waals surface area contributed by atoms with E-state index >= 15 is 0 Å². The molecule has 0 aliphatic heterocycles. The normalized spacial score (nSPS) is 22.6. The summed E-state index contributed by atoms with van der Waals surface area (Å²) in [5, 5.41) is 3.08. The minimum Gasteiger partial charge on any atom is -0.348 e. The summed E-state index contributed by atoms with van der Waals surface area (Å²) in [5.41, 5.74) is 2.50. The van der Waals surface area contributed by atoms with E-state index < -0.39 is 0 Å². The lowest BCUT2D eigenvalue weighted by molar-refractivity contribution is 0.238. The van der Waals surface area contributed by atoms with E-state index in [0.29, 0.717) is 12.0 Å². The van der Waals surface area contributed by atoms with Crippen molar-refractivity contribution in [2.45, 2.75) is 57.4 Å². The van der Waals surface area contributed by atoms with Crippen LogP contribution in [0.4, 0.5) is 4.79 Å². The molecule has 21 heavy (non-hydrogen) atoms. The van der Waals surface area contributed by atoms with E-state index in [-0.39, 0.29) is 6.03 Å². The largest absolute Gasteiger partial charge is 0.348 e. The molecule has 1 atom stereocenters. The van der Waals surface area contributed by atoms with E-state index in [9.17, 15) is 4.79 Å². The van der Waals surface area contributed by atoms with Gasteiger partial charge in [-0.1, -0.05) is 19.3 Å². The number of rotatable bonds is 4. The van der Waals surface area contributed by atoms with Crippen molar-refractivity contribution in [3.8, 4) is 0 Å². The molecule has 1 heterocycles. The first-order chi connectivity index (χ1) is 10.3. The van der Waals surface area contributed by atoms with Gasteiger partial charge in [0.2, 0.25) is 0 Å². The summed E-state index contributed by atoms with van der Waals surface area (Å²) >= 11 is 1.53.